The average Bonchev–Trinajstić information content (AvgIpc) is 2.55. The molecule has 1 heterocycles. The summed E-state index contributed by atoms with van der Waals surface area (Å²) in [6.45, 7) is 5.96. The molecule has 1 aliphatic heterocycles. The Morgan fingerprint density at radius 3 is 2.83 bits per heavy atom. The molecule has 1 aliphatic rings. The van der Waals surface area contributed by atoms with Gasteiger partial charge >= 0.3 is 0 Å². The van der Waals surface area contributed by atoms with Crippen LogP contribution in [0.25, 0.3) is 0 Å². The van der Waals surface area contributed by atoms with Gasteiger partial charge < -0.3 is 15.8 Å². The van der Waals surface area contributed by atoms with Crippen molar-refractivity contribution in [2.75, 3.05) is 45.9 Å². The summed E-state index contributed by atoms with van der Waals surface area (Å²) >= 11 is 5.98. The van der Waals surface area contributed by atoms with Crippen LogP contribution in [-0.2, 0) is 11.2 Å². The minimum absolute atomic E-state index is 0. The van der Waals surface area contributed by atoms with E-state index in [2.05, 4.69) is 15.2 Å². The highest BCUT2D eigenvalue weighted by atomic mass is 127. The molecule has 8 heteroatoms. The third-order valence-electron chi connectivity index (χ3n) is 3.73. The van der Waals surface area contributed by atoms with Gasteiger partial charge in [-0.2, -0.15) is 0 Å². The first-order valence-corrected chi connectivity index (χ1v) is 8.31. The zero-order valence-electron chi connectivity index (χ0n) is 13.6. The molecule has 0 amide bonds. The van der Waals surface area contributed by atoms with E-state index in [9.17, 15) is 4.39 Å². The second kappa shape index (κ2) is 11.8. The van der Waals surface area contributed by atoms with E-state index >= 15 is 0 Å². The van der Waals surface area contributed by atoms with Gasteiger partial charge in [-0.15, -0.1) is 24.0 Å². The minimum Gasteiger partial charge on any atom is -0.379 e. The fraction of sp³-hybridized carbons (Fsp3) is 0.562. The summed E-state index contributed by atoms with van der Waals surface area (Å²) in [6.07, 6.45) is 1.65. The molecule has 0 atom stereocenters. The lowest BCUT2D eigenvalue weighted by Crippen LogP contribution is -2.37. The molecule has 0 aromatic heterocycles. The Bertz CT molecular complexity index is 527. The molecule has 0 bridgehead atoms. The number of hydrogen-bond acceptors (Lipinski definition) is 3. The molecule has 0 spiro atoms. The second-order valence-corrected chi connectivity index (χ2v) is 5.89. The van der Waals surface area contributed by atoms with Crippen molar-refractivity contribution in [2.24, 2.45) is 10.7 Å². The number of benzene rings is 1. The molecule has 0 radical (unpaired) electrons. The van der Waals surface area contributed by atoms with E-state index in [1.807, 2.05) is 0 Å². The quantitative estimate of drug-likeness (QED) is 0.278. The predicted molar refractivity (Wildman–Crippen MR) is 107 cm³/mol. The van der Waals surface area contributed by atoms with Crippen molar-refractivity contribution >= 4 is 41.5 Å². The molecule has 136 valence electrons. The highest BCUT2D eigenvalue weighted by molar-refractivity contribution is 14.0. The van der Waals surface area contributed by atoms with Gasteiger partial charge in [0.25, 0.3) is 0 Å². The molecular formula is C16H25ClFIN4O. The lowest BCUT2D eigenvalue weighted by atomic mass is 10.1. The Balaban J connectivity index is 0.00000288. The van der Waals surface area contributed by atoms with Gasteiger partial charge in [-0.3, -0.25) is 9.89 Å². The fourth-order valence-corrected chi connectivity index (χ4v) is 2.69. The zero-order valence-corrected chi connectivity index (χ0v) is 16.7. The molecule has 1 aromatic rings. The maximum atomic E-state index is 13.0. The van der Waals surface area contributed by atoms with Gasteiger partial charge in [0.2, 0.25) is 0 Å². The molecule has 1 saturated heterocycles. The zero-order chi connectivity index (χ0) is 16.5. The van der Waals surface area contributed by atoms with Crippen LogP contribution in [0.3, 0.4) is 0 Å². The number of guanidine groups is 1. The van der Waals surface area contributed by atoms with Crippen molar-refractivity contribution in [1.82, 2.24) is 10.2 Å². The van der Waals surface area contributed by atoms with E-state index in [4.69, 9.17) is 22.1 Å². The van der Waals surface area contributed by atoms with Crippen LogP contribution in [0.4, 0.5) is 4.39 Å². The van der Waals surface area contributed by atoms with Crippen LogP contribution >= 0.6 is 35.6 Å². The summed E-state index contributed by atoms with van der Waals surface area (Å²) < 4.78 is 18.3. The van der Waals surface area contributed by atoms with Crippen LogP contribution in [0, 0.1) is 5.82 Å². The number of nitrogens with one attached hydrogen (secondary N) is 1. The highest BCUT2D eigenvalue weighted by Gasteiger charge is 2.08. The van der Waals surface area contributed by atoms with Crippen LogP contribution < -0.4 is 11.1 Å². The van der Waals surface area contributed by atoms with E-state index in [1.165, 1.54) is 12.1 Å². The van der Waals surface area contributed by atoms with Crippen molar-refractivity contribution in [1.29, 1.82) is 0 Å². The summed E-state index contributed by atoms with van der Waals surface area (Å²) in [6, 6.07) is 4.42. The van der Waals surface area contributed by atoms with Gasteiger partial charge in [0.1, 0.15) is 5.82 Å². The second-order valence-electron chi connectivity index (χ2n) is 5.49. The number of morpholine rings is 1. The normalized spacial score (nSPS) is 15.8. The van der Waals surface area contributed by atoms with Gasteiger partial charge in [-0.1, -0.05) is 17.7 Å². The average molecular weight is 471 g/mol. The summed E-state index contributed by atoms with van der Waals surface area (Å²) in [5.41, 5.74) is 6.72. The maximum absolute atomic E-state index is 13.0. The van der Waals surface area contributed by atoms with Crippen molar-refractivity contribution in [3.8, 4) is 0 Å². The van der Waals surface area contributed by atoms with E-state index in [0.29, 0.717) is 30.5 Å². The lowest BCUT2D eigenvalue weighted by molar-refractivity contribution is 0.0377. The van der Waals surface area contributed by atoms with Gasteiger partial charge in [-0.05, 0) is 30.5 Å². The molecule has 1 aromatic carbocycles. The Hall–Kier alpha value is -0.640. The predicted octanol–water partition coefficient (Wildman–Crippen LogP) is 2.27. The summed E-state index contributed by atoms with van der Waals surface area (Å²) in [5, 5.41) is 3.49. The molecule has 2 rings (SSSR count). The third-order valence-corrected chi connectivity index (χ3v) is 4.09. The molecule has 0 saturated carbocycles. The standard InChI is InChI=1S/C16H24ClFN4O.HI/c17-15-12-14(18)3-2-13(15)4-6-21-16(19)20-5-1-7-22-8-10-23-11-9-22;/h2-3,12H,1,4-11H2,(H3,19,20,21);1H. The van der Waals surface area contributed by atoms with Crippen molar-refractivity contribution in [3.05, 3.63) is 34.6 Å². The summed E-state index contributed by atoms with van der Waals surface area (Å²) in [4.78, 5) is 6.68. The largest absolute Gasteiger partial charge is 0.379 e. The molecular weight excluding hydrogens is 446 g/mol. The Labute approximate surface area is 164 Å². The number of nitrogens with zero attached hydrogens (tertiary/aromatic N) is 2. The van der Waals surface area contributed by atoms with Gasteiger partial charge in [0.05, 0.1) is 13.2 Å². The van der Waals surface area contributed by atoms with Gasteiger partial charge in [0.15, 0.2) is 5.96 Å². The number of ether oxygens (including phenoxy) is 1. The van der Waals surface area contributed by atoms with Crippen LogP contribution in [0.5, 0.6) is 0 Å². The van der Waals surface area contributed by atoms with E-state index in [-0.39, 0.29) is 29.8 Å². The van der Waals surface area contributed by atoms with E-state index in [1.54, 1.807) is 6.07 Å². The highest BCUT2D eigenvalue weighted by Crippen LogP contribution is 2.17. The smallest absolute Gasteiger partial charge is 0.188 e. The number of halogens is 3. The summed E-state index contributed by atoms with van der Waals surface area (Å²) in [7, 11) is 0. The Morgan fingerprint density at radius 1 is 1.38 bits per heavy atom. The van der Waals surface area contributed by atoms with Crippen LogP contribution in [0.1, 0.15) is 12.0 Å². The monoisotopic (exact) mass is 470 g/mol. The van der Waals surface area contributed by atoms with Crippen LogP contribution in [0.2, 0.25) is 5.02 Å². The molecule has 0 unspecified atom stereocenters. The van der Waals surface area contributed by atoms with Crippen molar-refractivity contribution in [2.45, 2.75) is 12.8 Å². The van der Waals surface area contributed by atoms with Gasteiger partial charge in [-0.25, -0.2) is 4.39 Å². The number of aliphatic imine (C=N–C) groups is 1. The SMILES string of the molecule is I.NC(=NCCCN1CCOCC1)NCCc1ccc(F)cc1Cl. The molecule has 3 N–H and O–H groups in total. The first kappa shape index (κ1) is 21.4. The molecule has 24 heavy (non-hydrogen) atoms. The molecule has 5 nitrogen and oxygen atoms in total. The number of rotatable bonds is 7. The van der Waals surface area contributed by atoms with E-state index in [0.717, 1.165) is 44.8 Å². The van der Waals surface area contributed by atoms with Crippen molar-refractivity contribution in [3.63, 3.8) is 0 Å². The van der Waals surface area contributed by atoms with Gasteiger partial charge in [0, 0.05) is 37.7 Å². The van der Waals surface area contributed by atoms with Crippen molar-refractivity contribution < 1.29 is 9.13 Å². The number of hydrogen-bond donors (Lipinski definition) is 2. The van der Waals surface area contributed by atoms with Crippen LogP contribution in [-0.4, -0.2) is 56.8 Å². The maximum Gasteiger partial charge on any atom is 0.188 e. The molecule has 0 aliphatic carbocycles. The Morgan fingerprint density at radius 2 is 2.12 bits per heavy atom. The van der Waals surface area contributed by atoms with E-state index < -0.39 is 0 Å². The Kier molecular flexibility index (Phi) is 10.6. The minimum atomic E-state index is -0.326. The topological polar surface area (TPSA) is 62.9 Å². The van der Waals surface area contributed by atoms with Crippen LogP contribution in [0.15, 0.2) is 23.2 Å². The first-order chi connectivity index (χ1) is 11.1. The first-order valence-electron chi connectivity index (χ1n) is 7.93. The molecule has 1 fully saturated rings. The lowest BCUT2D eigenvalue weighted by Gasteiger charge is -2.26. The fourth-order valence-electron chi connectivity index (χ4n) is 2.42. The third kappa shape index (κ3) is 7.96. The number of nitrogens with two attached hydrogens (primary N) is 1. The summed E-state index contributed by atoms with van der Waals surface area (Å²) in [5.74, 6) is 0.110.